The Bertz CT molecular complexity index is 1090. The van der Waals surface area contributed by atoms with Crippen LogP contribution in [0.5, 0.6) is 0 Å². The Balaban J connectivity index is 1.69. The Morgan fingerprint density at radius 2 is 1.76 bits per heavy atom. The molecule has 0 saturated carbocycles. The monoisotopic (exact) mass is 477 g/mol. The van der Waals surface area contributed by atoms with Gasteiger partial charge >= 0.3 is 6.18 Å². The van der Waals surface area contributed by atoms with Crippen LogP contribution in [-0.2, 0) is 25.8 Å². The SMILES string of the molecule is CC(C)[C@@H](C)N(Cc1cccc(C(F)(F)F)c1)Cc1nc(C(=O)NCc2ccc(F)cc2)co1. The number of alkyl halides is 3. The number of benzene rings is 2. The lowest BCUT2D eigenvalue weighted by Gasteiger charge is -2.31. The fraction of sp³-hybridized carbons (Fsp3) is 0.360. The van der Waals surface area contributed by atoms with E-state index in [0.717, 1.165) is 17.7 Å². The Hall–Kier alpha value is -3.20. The van der Waals surface area contributed by atoms with E-state index in [9.17, 15) is 22.4 Å². The van der Waals surface area contributed by atoms with Crippen molar-refractivity contribution in [3.63, 3.8) is 0 Å². The third kappa shape index (κ3) is 6.90. The van der Waals surface area contributed by atoms with E-state index in [1.807, 2.05) is 25.7 Å². The van der Waals surface area contributed by atoms with Crippen molar-refractivity contribution in [2.75, 3.05) is 0 Å². The molecule has 0 saturated heterocycles. The van der Waals surface area contributed by atoms with Gasteiger partial charge in [0.2, 0.25) is 5.89 Å². The number of carbonyl (C=O) groups excluding carboxylic acids is 1. The quantitative estimate of drug-likeness (QED) is 0.395. The van der Waals surface area contributed by atoms with Crippen molar-refractivity contribution in [2.45, 2.75) is 52.6 Å². The van der Waals surface area contributed by atoms with Gasteiger partial charge in [-0.15, -0.1) is 0 Å². The number of aromatic nitrogens is 1. The van der Waals surface area contributed by atoms with Gasteiger partial charge in [-0.2, -0.15) is 13.2 Å². The minimum absolute atomic E-state index is 0.0113. The van der Waals surface area contributed by atoms with E-state index in [0.29, 0.717) is 5.56 Å². The van der Waals surface area contributed by atoms with Crippen LogP contribution in [0.2, 0.25) is 0 Å². The molecule has 182 valence electrons. The van der Waals surface area contributed by atoms with Crippen LogP contribution in [0.3, 0.4) is 0 Å². The normalized spacial score (nSPS) is 12.9. The first-order valence-corrected chi connectivity index (χ1v) is 10.9. The number of hydrogen-bond donors (Lipinski definition) is 1. The lowest BCUT2D eigenvalue weighted by Crippen LogP contribution is -2.36. The Morgan fingerprint density at radius 3 is 2.41 bits per heavy atom. The number of nitrogens with zero attached hydrogens (tertiary/aromatic N) is 2. The van der Waals surface area contributed by atoms with Crippen LogP contribution in [0, 0.1) is 11.7 Å². The lowest BCUT2D eigenvalue weighted by atomic mass is 10.0. The molecule has 0 fully saturated rings. The molecule has 0 unspecified atom stereocenters. The molecule has 5 nitrogen and oxygen atoms in total. The predicted octanol–water partition coefficient (Wildman–Crippen LogP) is 5.81. The highest BCUT2D eigenvalue weighted by atomic mass is 19.4. The van der Waals surface area contributed by atoms with Crippen LogP contribution < -0.4 is 5.32 Å². The summed E-state index contributed by atoms with van der Waals surface area (Å²) in [5, 5.41) is 2.70. The van der Waals surface area contributed by atoms with Gasteiger partial charge in [-0.05, 0) is 42.2 Å². The third-order valence-electron chi connectivity index (χ3n) is 5.67. The Labute approximate surface area is 195 Å². The number of halogens is 4. The van der Waals surface area contributed by atoms with Gasteiger partial charge < -0.3 is 9.73 Å². The number of amides is 1. The fourth-order valence-corrected chi connectivity index (χ4v) is 3.38. The molecule has 0 aliphatic carbocycles. The molecular weight excluding hydrogens is 450 g/mol. The van der Waals surface area contributed by atoms with E-state index in [1.54, 1.807) is 18.2 Å². The highest BCUT2D eigenvalue weighted by Gasteiger charge is 2.30. The largest absolute Gasteiger partial charge is 0.447 e. The topological polar surface area (TPSA) is 58.4 Å². The molecule has 1 atom stereocenters. The molecule has 1 heterocycles. The zero-order valence-electron chi connectivity index (χ0n) is 19.2. The average molecular weight is 478 g/mol. The number of carbonyl (C=O) groups is 1. The maximum absolute atomic E-state index is 13.1. The first-order valence-electron chi connectivity index (χ1n) is 10.9. The molecule has 9 heteroatoms. The van der Waals surface area contributed by atoms with Crippen LogP contribution in [0.4, 0.5) is 17.6 Å². The second kappa shape index (κ2) is 10.8. The first-order chi connectivity index (χ1) is 16.0. The molecule has 1 aromatic heterocycles. The number of rotatable bonds is 9. The van der Waals surface area contributed by atoms with Gasteiger partial charge in [0, 0.05) is 19.1 Å². The van der Waals surface area contributed by atoms with Gasteiger partial charge in [0.05, 0.1) is 12.1 Å². The Kier molecular flexibility index (Phi) is 8.09. The summed E-state index contributed by atoms with van der Waals surface area (Å²) >= 11 is 0. The third-order valence-corrected chi connectivity index (χ3v) is 5.67. The van der Waals surface area contributed by atoms with Crippen molar-refractivity contribution in [1.29, 1.82) is 0 Å². The van der Waals surface area contributed by atoms with E-state index in [2.05, 4.69) is 10.3 Å². The summed E-state index contributed by atoms with van der Waals surface area (Å²) in [5.41, 5.74) is 0.648. The van der Waals surface area contributed by atoms with E-state index in [1.165, 1.54) is 24.5 Å². The summed E-state index contributed by atoms with van der Waals surface area (Å²) < 4.78 is 57.8. The van der Waals surface area contributed by atoms with Crippen LogP contribution in [0.25, 0.3) is 0 Å². The molecule has 1 N–H and O–H groups in total. The fourth-order valence-electron chi connectivity index (χ4n) is 3.38. The highest BCUT2D eigenvalue weighted by Crippen LogP contribution is 2.30. The number of nitrogens with one attached hydrogen (secondary N) is 1. The zero-order valence-corrected chi connectivity index (χ0v) is 19.2. The zero-order chi connectivity index (χ0) is 24.9. The molecule has 3 rings (SSSR count). The molecule has 0 spiro atoms. The van der Waals surface area contributed by atoms with Crippen molar-refractivity contribution in [2.24, 2.45) is 5.92 Å². The second-order valence-corrected chi connectivity index (χ2v) is 8.52. The predicted molar refractivity (Wildman–Crippen MR) is 119 cm³/mol. The maximum atomic E-state index is 13.1. The smallest absolute Gasteiger partial charge is 0.416 e. The molecule has 0 bridgehead atoms. The van der Waals surface area contributed by atoms with Gasteiger partial charge in [-0.3, -0.25) is 9.69 Å². The summed E-state index contributed by atoms with van der Waals surface area (Å²) in [6.07, 6.45) is -3.17. The minimum Gasteiger partial charge on any atom is -0.447 e. The summed E-state index contributed by atoms with van der Waals surface area (Å²) in [4.78, 5) is 18.6. The van der Waals surface area contributed by atoms with Crippen LogP contribution in [0.1, 0.15) is 53.8 Å². The second-order valence-electron chi connectivity index (χ2n) is 8.52. The van der Waals surface area contributed by atoms with Crippen molar-refractivity contribution in [1.82, 2.24) is 15.2 Å². The van der Waals surface area contributed by atoms with Crippen LogP contribution in [-0.4, -0.2) is 21.8 Å². The maximum Gasteiger partial charge on any atom is 0.416 e. The van der Waals surface area contributed by atoms with E-state index in [-0.39, 0.29) is 49.0 Å². The molecule has 2 aromatic carbocycles. The van der Waals surface area contributed by atoms with Gasteiger partial charge in [-0.1, -0.05) is 44.2 Å². The van der Waals surface area contributed by atoms with E-state index >= 15 is 0 Å². The van der Waals surface area contributed by atoms with Crippen molar-refractivity contribution in [3.8, 4) is 0 Å². The molecule has 0 radical (unpaired) electrons. The molecule has 34 heavy (non-hydrogen) atoms. The minimum atomic E-state index is -4.41. The molecular formula is C25H27F4N3O2. The van der Waals surface area contributed by atoms with Gasteiger partial charge in [-0.25, -0.2) is 9.37 Å². The van der Waals surface area contributed by atoms with Gasteiger partial charge in [0.15, 0.2) is 5.69 Å². The van der Waals surface area contributed by atoms with Crippen LogP contribution >= 0.6 is 0 Å². The van der Waals surface area contributed by atoms with Crippen molar-refractivity contribution in [3.05, 3.63) is 88.9 Å². The molecule has 1 amide bonds. The summed E-state index contributed by atoms with van der Waals surface area (Å²) in [6, 6.07) is 11.0. The van der Waals surface area contributed by atoms with Gasteiger partial charge in [0.25, 0.3) is 5.91 Å². The van der Waals surface area contributed by atoms with Crippen molar-refractivity contribution < 1.29 is 26.8 Å². The highest BCUT2D eigenvalue weighted by molar-refractivity contribution is 5.91. The van der Waals surface area contributed by atoms with E-state index < -0.39 is 17.6 Å². The number of oxazole rings is 1. The average Bonchev–Trinajstić information content (AvgIpc) is 3.26. The van der Waals surface area contributed by atoms with Gasteiger partial charge in [0.1, 0.15) is 12.1 Å². The summed E-state index contributed by atoms with van der Waals surface area (Å²) in [7, 11) is 0. The van der Waals surface area contributed by atoms with Crippen molar-refractivity contribution >= 4 is 5.91 Å². The van der Waals surface area contributed by atoms with Crippen LogP contribution in [0.15, 0.2) is 59.2 Å². The molecule has 3 aromatic rings. The number of hydrogen-bond acceptors (Lipinski definition) is 4. The lowest BCUT2D eigenvalue weighted by molar-refractivity contribution is -0.137. The van der Waals surface area contributed by atoms with E-state index in [4.69, 9.17) is 4.42 Å². The standard InChI is InChI=1S/C25H27F4N3O2/c1-16(2)17(3)32(13-19-5-4-6-20(11-19)25(27,28)29)14-23-31-22(15-34-23)24(33)30-12-18-7-9-21(26)10-8-18/h4-11,15-17H,12-14H2,1-3H3,(H,30,33)/t17-/m1/s1. The summed E-state index contributed by atoms with van der Waals surface area (Å²) in [6.45, 7) is 6.71. The molecule has 0 aliphatic rings. The molecule has 0 aliphatic heterocycles. The Morgan fingerprint density at radius 1 is 1.06 bits per heavy atom. The summed E-state index contributed by atoms with van der Waals surface area (Å²) in [5.74, 6) is -0.298. The first kappa shape index (κ1) is 25.4.